The van der Waals surface area contributed by atoms with Crippen LogP contribution in [0.2, 0.25) is 5.28 Å². The standard InChI is InChI=1S/C9H6ClF2N3/c10-9-14-13-5-15(9)4-6-3-7(11)1-2-8(6)12/h1-3,5H,4H2. The molecule has 78 valence electrons. The number of aromatic nitrogens is 3. The number of benzene rings is 1. The first-order valence-corrected chi connectivity index (χ1v) is 4.52. The van der Waals surface area contributed by atoms with Crippen molar-refractivity contribution in [3.05, 3.63) is 47.0 Å². The molecule has 0 N–H and O–H groups in total. The van der Waals surface area contributed by atoms with Gasteiger partial charge in [-0.3, -0.25) is 4.57 Å². The number of halogens is 3. The fraction of sp³-hybridized carbons (Fsp3) is 0.111. The molecule has 0 saturated carbocycles. The van der Waals surface area contributed by atoms with Crippen LogP contribution in [-0.2, 0) is 6.54 Å². The SMILES string of the molecule is Fc1ccc(F)c(Cn2cnnc2Cl)c1. The molecular formula is C9H6ClF2N3. The molecule has 2 rings (SSSR count). The first-order valence-electron chi connectivity index (χ1n) is 4.14. The van der Waals surface area contributed by atoms with Gasteiger partial charge in [0.1, 0.15) is 18.0 Å². The van der Waals surface area contributed by atoms with E-state index in [0.717, 1.165) is 18.2 Å². The zero-order chi connectivity index (χ0) is 10.8. The van der Waals surface area contributed by atoms with Gasteiger partial charge in [0.2, 0.25) is 5.28 Å². The van der Waals surface area contributed by atoms with Crippen molar-refractivity contribution in [2.24, 2.45) is 0 Å². The molecule has 0 fully saturated rings. The number of hydrogen-bond donors (Lipinski definition) is 0. The fourth-order valence-electron chi connectivity index (χ4n) is 1.19. The van der Waals surface area contributed by atoms with Crippen molar-refractivity contribution in [3.8, 4) is 0 Å². The summed E-state index contributed by atoms with van der Waals surface area (Å²) in [7, 11) is 0. The van der Waals surface area contributed by atoms with Crippen molar-refractivity contribution in [2.75, 3.05) is 0 Å². The fourth-order valence-corrected chi connectivity index (χ4v) is 1.34. The highest BCUT2D eigenvalue weighted by atomic mass is 35.5. The Bertz CT molecular complexity index is 484. The summed E-state index contributed by atoms with van der Waals surface area (Å²) in [6.45, 7) is 0.107. The quantitative estimate of drug-likeness (QED) is 0.791. The van der Waals surface area contributed by atoms with E-state index in [4.69, 9.17) is 11.6 Å². The first-order chi connectivity index (χ1) is 7.16. The van der Waals surface area contributed by atoms with Crippen molar-refractivity contribution in [3.63, 3.8) is 0 Å². The second-order valence-corrected chi connectivity index (χ2v) is 3.30. The van der Waals surface area contributed by atoms with Crippen molar-refractivity contribution in [1.29, 1.82) is 0 Å². The van der Waals surface area contributed by atoms with Crippen LogP contribution in [0, 0.1) is 11.6 Å². The normalized spacial score (nSPS) is 10.6. The van der Waals surface area contributed by atoms with Gasteiger partial charge >= 0.3 is 0 Å². The van der Waals surface area contributed by atoms with E-state index in [1.165, 1.54) is 10.9 Å². The third-order valence-electron chi connectivity index (χ3n) is 1.92. The number of hydrogen-bond acceptors (Lipinski definition) is 2. The Morgan fingerprint density at radius 1 is 1.33 bits per heavy atom. The summed E-state index contributed by atoms with van der Waals surface area (Å²) >= 11 is 5.65. The van der Waals surface area contributed by atoms with Crippen LogP contribution < -0.4 is 0 Å². The highest BCUT2D eigenvalue weighted by Crippen LogP contribution is 2.13. The molecule has 3 nitrogen and oxygen atoms in total. The Morgan fingerprint density at radius 2 is 2.13 bits per heavy atom. The maximum Gasteiger partial charge on any atom is 0.225 e. The minimum Gasteiger partial charge on any atom is -0.300 e. The lowest BCUT2D eigenvalue weighted by Gasteiger charge is -2.04. The third kappa shape index (κ3) is 2.12. The topological polar surface area (TPSA) is 30.7 Å². The first kappa shape index (κ1) is 10.0. The summed E-state index contributed by atoms with van der Waals surface area (Å²) in [6, 6.07) is 3.25. The molecule has 0 aliphatic rings. The second kappa shape index (κ2) is 3.94. The lowest BCUT2D eigenvalue weighted by atomic mass is 10.2. The molecule has 0 aliphatic heterocycles. The van der Waals surface area contributed by atoms with E-state index in [-0.39, 0.29) is 17.4 Å². The molecule has 1 aromatic carbocycles. The van der Waals surface area contributed by atoms with Gasteiger partial charge in [0.05, 0.1) is 6.54 Å². The minimum atomic E-state index is -0.490. The smallest absolute Gasteiger partial charge is 0.225 e. The van der Waals surface area contributed by atoms with Crippen molar-refractivity contribution >= 4 is 11.6 Å². The molecule has 15 heavy (non-hydrogen) atoms. The lowest BCUT2D eigenvalue weighted by Crippen LogP contribution is -2.01. The van der Waals surface area contributed by atoms with E-state index < -0.39 is 11.6 Å². The van der Waals surface area contributed by atoms with Gasteiger partial charge in [-0.25, -0.2) is 8.78 Å². The molecule has 0 amide bonds. The zero-order valence-corrected chi connectivity index (χ0v) is 8.25. The molecule has 1 heterocycles. The van der Waals surface area contributed by atoms with Crippen LogP contribution in [0.5, 0.6) is 0 Å². The third-order valence-corrected chi connectivity index (χ3v) is 2.21. The molecule has 1 aromatic heterocycles. The van der Waals surface area contributed by atoms with Gasteiger partial charge in [-0.05, 0) is 29.8 Å². The molecule has 0 aliphatic carbocycles. The average Bonchev–Trinajstić information content (AvgIpc) is 2.58. The van der Waals surface area contributed by atoms with Crippen LogP contribution in [0.15, 0.2) is 24.5 Å². The second-order valence-electron chi connectivity index (χ2n) is 2.96. The molecule has 0 atom stereocenters. The van der Waals surface area contributed by atoms with Gasteiger partial charge in [0, 0.05) is 5.56 Å². The minimum absolute atomic E-state index is 0.107. The summed E-state index contributed by atoms with van der Waals surface area (Å²) < 4.78 is 27.5. The molecule has 0 saturated heterocycles. The van der Waals surface area contributed by atoms with Gasteiger partial charge in [-0.2, -0.15) is 0 Å². The molecule has 2 aromatic rings. The van der Waals surface area contributed by atoms with Crippen LogP contribution in [0.25, 0.3) is 0 Å². The van der Waals surface area contributed by atoms with Crippen LogP contribution in [0.1, 0.15) is 5.56 Å². The number of rotatable bonds is 2. The molecule has 0 bridgehead atoms. The molecule has 0 unspecified atom stereocenters. The summed E-state index contributed by atoms with van der Waals surface area (Å²) in [4.78, 5) is 0. The highest BCUT2D eigenvalue weighted by Gasteiger charge is 2.07. The Morgan fingerprint density at radius 3 is 2.80 bits per heavy atom. The van der Waals surface area contributed by atoms with E-state index >= 15 is 0 Å². The highest BCUT2D eigenvalue weighted by molar-refractivity contribution is 6.28. The predicted molar refractivity (Wildman–Crippen MR) is 50.5 cm³/mol. The average molecular weight is 230 g/mol. The molecule has 0 spiro atoms. The van der Waals surface area contributed by atoms with Crippen molar-refractivity contribution < 1.29 is 8.78 Å². The van der Waals surface area contributed by atoms with Crippen molar-refractivity contribution in [2.45, 2.75) is 6.54 Å². The summed E-state index contributed by atoms with van der Waals surface area (Å²) in [5.41, 5.74) is 0.205. The van der Waals surface area contributed by atoms with Crippen LogP contribution >= 0.6 is 11.6 Å². The largest absolute Gasteiger partial charge is 0.300 e. The Kier molecular flexibility index (Phi) is 2.64. The van der Waals surface area contributed by atoms with Gasteiger partial charge in [0.15, 0.2) is 0 Å². The maximum absolute atomic E-state index is 13.2. The van der Waals surface area contributed by atoms with Crippen molar-refractivity contribution in [1.82, 2.24) is 14.8 Å². The van der Waals surface area contributed by atoms with Gasteiger partial charge in [0.25, 0.3) is 0 Å². The monoisotopic (exact) mass is 229 g/mol. The van der Waals surface area contributed by atoms with Gasteiger partial charge < -0.3 is 0 Å². The van der Waals surface area contributed by atoms with E-state index in [2.05, 4.69) is 10.2 Å². The van der Waals surface area contributed by atoms with Gasteiger partial charge in [-0.15, -0.1) is 10.2 Å². The Labute approximate surface area is 89.3 Å². The van der Waals surface area contributed by atoms with Gasteiger partial charge in [-0.1, -0.05) is 0 Å². The Balaban J connectivity index is 2.32. The van der Waals surface area contributed by atoms with Crippen LogP contribution in [0.3, 0.4) is 0 Å². The summed E-state index contributed by atoms with van der Waals surface area (Å²) in [5, 5.41) is 7.20. The predicted octanol–water partition coefficient (Wildman–Crippen LogP) is 2.26. The molecular weight excluding hydrogens is 224 g/mol. The van der Waals surface area contributed by atoms with E-state index in [9.17, 15) is 8.78 Å². The van der Waals surface area contributed by atoms with E-state index in [1.54, 1.807) is 0 Å². The maximum atomic E-state index is 13.2. The summed E-state index contributed by atoms with van der Waals surface area (Å²) in [5.74, 6) is -0.975. The summed E-state index contributed by atoms with van der Waals surface area (Å²) in [6.07, 6.45) is 1.35. The van der Waals surface area contributed by atoms with Crippen LogP contribution in [-0.4, -0.2) is 14.8 Å². The van der Waals surface area contributed by atoms with E-state index in [1.807, 2.05) is 0 Å². The Hall–Kier alpha value is -1.49. The number of nitrogens with zero attached hydrogens (tertiary/aromatic N) is 3. The molecule has 0 radical (unpaired) electrons. The zero-order valence-electron chi connectivity index (χ0n) is 7.49. The molecule has 6 heteroatoms. The lowest BCUT2D eigenvalue weighted by molar-refractivity contribution is 0.577. The van der Waals surface area contributed by atoms with Crippen LogP contribution in [0.4, 0.5) is 8.78 Å². The van der Waals surface area contributed by atoms with E-state index in [0.29, 0.717) is 0 Å².